The number of carbonyl (C=O) groups is 1. The molecule has 0 bridgehead atoms. The van der Waals surface area contributed by atoms with Crippen molar-refractivity contribution in [3.63, 3.8) is 0 Å². The lowest BCUT2D eigenvalue weighted by molar-refractivity contribution is -0.139. The Morgan fingerprint density at radius 1 is 1.38 bits per heavy atom. The van der Waals surface area contributed by atoms with Gasteiger partial charge in [-0.2, -0.15) is 0 Å². The Kier molecular flexibility index (Phi) is 3.94. The van der Waals surface area contributed by atoms with Crippen molar-refractivity contribution in [1.29, 1.82) is 0 Å². The highest BCUT2D eigenvalue weighted by atomic mass is 35.5. The normalized spacial score (nSPS) is 15.9. The Morgan fingerprint density at radius 3 is 2.76 bits per heavy atom. The summed E-state index contributed by atoms with van der Waals surface area (Å²) in [6.45, 7) is 2.18. The quantitative estimate of drug-likeness (QED) is 0.920. The molecule has 0 atom stereocenters. The molecule has 0 radical (unpaired) electrons. The standard InChI is InChI=1S/C15H15ClN2O3/c16-12-3-1-11(2-4-12)13-6-17-14(21-13)9-18-7-10(8-18)5-15(19)20/h1-4,6,10H,5,7-9H2,(H,19,20). The Bertz CT molecular complexity index is 633. The van der Waals surface area contributed by atoms with E-state index in [1.165, 1.54) is 0 Å². The summed E-state index contributed by atoms with van der Waals surface area (Å²) in [5.41, 5.74) is 0.936. The number of carboxylic acid groups (broad SMARTS) is 1. The SMILES string of the molecule is O=C(O)CC1CN(Cc2ncc(-c3ccc(Cl)cc3)o2)C1. The van der Waals surface area contributed by atoms with Gasteiger partial charge >= 0.3 is 5.97 Å². The predicted octanol–water partition coefficient (Wildman–Crippen LogP) is 2.90. The van der Waals surface area contributed by atoms with Gasteiger partial charge < -0.3 is 9.52 Å². The van der Waals surface area contributed by atoms with Crippen LogP contribution in [0.5, 0.6) is 0 Å². The fourth-order valence-electron chi connectivity index (χ4n) is 2.50. The minimum Gasteiger partial charge on any atom is -0.481 e. The third kappa shape index (κ3) is 3.43. The van der Waals surface area contributed by atoms with Crippen LogP contribution in [0.3, 0.4) is 0 Å². The second-order valence-electron chi connectivity index (χ2n) is 5.28. The molecule has 21 heavy (non-hydrogen) atoms. The molecule has 0 saturated carbocycles. The summed E-state index contributed by atoms with van der Waals surface area (Å²) in [5.74, 6) is 0.868. The number of halogens is 1. The number of hydrogen-bond donors (Lipinski definition) is 1. The molecule has 3 rings (SSSR count). The first-order chi connectivity index (χ1) is 10.1. The van der Waals surface area contributed by atoms with Crippen molar-refractivity contribution in [1.82, 2.24) is 9.88 Å². The molecule has 2 aromatic rings. The Morgan fingerprint density at radius 2 is 2.10 bits per heavy atom. The number of aliphatic carboxylic acids is 1. The smallest absolute Gasteiger partial charge is 0.303 e. The molecule has 110 valence electrons. The predicted molar refractivity (Wildman–Crippen MR) is 78.0 cm³/mol. The molecule has 2 heterocycles. The molecule has 1 aromatic carbocycles. The number of carboxylic acids is 1. The van der Waals surface area contributed by atoms with Gasteiger partial charge in [0, 0.05) is 23.7 Å². The zero-order valence-corrected chi connectivity index (χ0v) is 12.1. The average molecular weight is 307 g/mol. The van der Waals surface area contributed by atoms with Gasteiger partial charge in [-0.25, -0.2) is 4.98 Å². The summed E-state index contributed by atoms with van der Waals surface area (Å²) in [7, 11) is 0. The van der Waals surface area contributed by atoms with E-state index in [0.717, 1.165) is 18.7 Å². The number of rotatable bonds is 5. The number of nitrogens with zero attached hydrogens (tertiary/aromatic N) is 2. The van der Waals surface area contributed by atoms with E-state index in [1.807, 2.05) is 24.3 Å². The topological polar surface area (TPSA) is 66.6 Å². The second kappa shape index (κ2) is 5.87. The minimum absolute atomic E-state index is 0.234. The van der Waals surface area contributed by atoms with Crippen LogP contribution in [0.15, 0.2) is 34.9 Å². The minimum atomic E-state index is -0.735. The van der Waals surface area contributed by atoms with Gasteiger partial charge in [-0.3, -0.25) is 9.69 Å². The van der Waals surface area contributed by atoms with Crippen LogP contribution in [0, 0.1) is 5.92 Å². The van der Waals surface area contributed by atoms with Crippen LogP contribution < -0.4 is 0 Å². The van der Waals surface area contributed by atoms with Gasteiger partial charge in [0.1, 0.15) is 0 Å². The zero-order chi connectivity index (χ0) is 14.8. The van der Waals surface area contributed by atoms with Gasteiger partial charge in [0.05, 0.1) is 19.2 Å². The van der Waals surface area contributed by atoms with Crippen LogP contribution in [0.25, 0.3) is 11.3 Å². The Hall–Kier alpha value is -1.85. The van der Waals surface area contributed by atoms with Crippen LogP contribution in [0.1, 0.15) is 12.3 Å². The summed E-state index contributed by atoms with van der Waals surface area (Å²) >= 11 is 5.85. The first kappa shape index (κ1) is 14.1. The van der Waals surface area contributed by atoms with Crippen LogP contribution in [-0.2, 0) is 11.3 Å². The lowest BCUT2D eigenvalue weighted by atomic mass is 9.97. The largest absolute Gasteiger partial charge is 0.481 e. The zero-order valence-electron chi connectivity index (χ0n) is 11.3. The van der Waals surface area contributed by atoms with Crippen molar-refractivity contribution in [2.45, 2.75) is 13.0 Å². The summed E-state index contributed by atoms with van der Waals surface area (Å²) in [5, 5.41) is 9.40. The van der Waals surface area contributed by atoms with E-state index in [1.54, 1.807) is 6.20 Å². The van der Waals surface area contributed by atoms with E-state index in [-0.39, 0.29) is 12.3 Å². The molecular weight excluding hydrogens is 292 g/mol. The van der Waals surface area contributed by atoms with E-state index in [0.29, 0.717) is 23.2 Å². The molecule has 1 aliphatic rings. The molecule has 1 saturated heterocycles. The summed E-state index contributed by atoms with van der Waals surface area (Å²) in [4.78, 5) is 17.0. The average Bonchev–Trinajstić information content (AvgIpc) is 2.85. The first-order valence-corrected chi connectivity index (χ1v) is 7.13. The molecule has 1 N–H and O–H groups in total. The highest BCUT2D eigenvalue weighted by Gasteiger charge is 2.29. The number of likely N-dealkylation sites (tertiary alicyclic amines) is 1. The van der Waals surface area contributed by atoms with E-state index in [4.69, 9.17) is 21.1 Å². The van der Waals surface area contributed by atoms with Crippen LogP contribution >= 0.6 is 11.6 Å². The molecule has 0 unspecified atom stereocenters. The lowest BCUT2D eigenvalue weighted by Gasteiger charge is -2.37. The number of hydrogen-bond acceptors (Lipinski definition) is 4. The maximum absolute atomic E-state index is 10.6. The first-order valence-electron chi connectivity index (χ1n) is 6.75. The highest BCUT2D eigenvalue weighted by Crippen LogP contribution is 2.25. The lowest BCUT2D eigenvalue weighted by Crippen LogP contribution is -2.46. The summed E-state index contributed by atoms with van der Waals surface area (Å²) in [6.07, 6.45) is 1.94. The van der Waals surface area contributed by atoms with Gasteiger partial charge in [-0.15, -0.1) is 0 Å². The Labute approximate surface area is 127 Å². The van der Waals surface area contributed by atoms with Crippen molar-refractivity contribution in [3.8, 4) is 11.3 Å². The molecule has 6 heteroatoms. The molecular formula is C15H15ClN2O3. The second-order valence-corrected chi connectivity index (χ2v) is 5.72. The number of oxazole rings is 1. The van der Waals surface area contributed by atoms with Gasteiger partial charge in [-0.05, 0) is 30.2 Å². The van der Waals surface area contributed by atoms with E-state index in [2.05, 4.69) is 9.88 Å². The summed E-state index contributed by atoms with van der Waals surface area (Å²) < 4.78 is 5.72. The molecule has 1 aromatic heterocycles. The van der Waals surface area contributed by atoms with Crippen molar-refractivity contribution in [2.75, 3.05) is 13.1 Å². The molecule has 5 nitrogen and oxygen atoms in total. The van der Waals surface area contributed by atoms with Crippen molar-refractivity contribution < 1.29 is 14.3 Å². The van der Waals surface area contributed by atoms with E-state index >= 15 is 0 Å². The molecule has 0 spiro atoms. The number of benzene rings is 1. The maximum Gasteiger partial charge on any atom is 0.303 e. The van der Waals surface area contributed by atoms with Crippen molar-refractivity contribution >= 4 is 17.6 Å². The van der Waals surface area contributed by atoms with Gasteiger partial charge in [0.25, 0.3) is 0 Å². The monoisotopic (exact) mass is 306 g/mol. The van der Waals surface area contributed by atoms with E-state index in [9.17, 15) is 4.79 Å². The number of aromatic nitrogens is 1. The van der Waals surface area contributed by atoms with E-state index < -0.39 is 5.97 Å². The Balaban J connectivity index is 1.57. The van der Waals surface area contributed by atoms with Gasteiger partial charge in [0.2, 0.25) is 5.89 Å². The van der Waals surface area contributed by atoms with Gasteiger partial charge in [-0.1, -0.05) is 11.6 Å². The highest BCUT2D eigenvalue weighted by molar-refractivity contribution is 6.30. The van der Waals surface area contributed by atoms with Crippen molar-refractivity contribution in [2.24, 2.45) is 5.92 Å². The van der Waals surface area contributed by atoms with Crippen LogP contribution in [-0.4, -0.2) is 34.0 Å². The van der Waals surface area contributed by atoms with Crippen molar-refractivity contribution in [3.05, 3.63) is 41.4 Å². The van der Waals surface area contributed by atoms with Crippen LogP contribution in [0.4, 0.5) is 0 Å². The fraction of sp³-hybridized carbons (Fsp3) is 0.333. The molecule has 1 aliphatic heterocycles. The van der Waals surface area contributed by atoms with Crippen LogP contribution in [0.2, 0.25) is 5.02 Å². The third-order valence-electron chi connectivity index (χ3n) is 3.54. The third-order valence-corrected chi connectivity index (χ3v) is 3.79. The van der Waals surface area contributed by atoms with Gasteiger partial charge in [0.15, 0.2) is 5.76 Å². The molecule has 0 amide bonds. The summed E-state index contributed by atoms with van der Waals surface area (Å²) in [6, 6.07) is 7.40. The molecule has 1 fully saturated rings. The molecule has 0 aliphatic carbocycles. The fourth-order valence-corrected chi connectivity index (χ4v) is 2.63. The maximum atomic E-state index is 10.6.